The molecule has 4 rings (SSSR count). The number of halogens is 1. The van der Waals surface area contributed by atoms with Crippen LogP contribution < -0.4 is 11.1 Å². The number of likely N-dealkylation sites (tertiary alicyclic amines) is 1. The Morgan fingerprint density at radius 3 is 2.76 bits per heavy atom. The second-order valence-electron chi connectivity index (χ2n) is 9.17. The van der Waals surface area contributed by atoms with Crippen molar-refractivity contribution >= 4 is 40.3 Å². The van der Waals surface area contributed by atoms with Gasteiger partial charge in [0.1, 0.15) is 18.0 Å². The van der Waals surface area contributed by atoms with E-state index < -0.39 is 11.7 Å². The number of likely N-dealkylation sites (N-methyl/N-ethyl adjacent to an activating group) is 1. The van der Waals surface area contributed by atoms with E-state index in [1.54, 1.807) is 29.7 Å². The van der Waals surface area contributed by atoms with Gasteiger partial charge in [-0.1, -0.05) is 12.6 Å². The monoisotopic (exact) mass is 508 g/mol. The standard InChI is InChI=1S/C25H29FN8O3/c1-5-18(35)33-10-6-7-16(12-33)34-24-20(23(27)28-13-29-24)22(31-34)25(37)30-17-9-8-15(21(26)14(17)2)11-19(36)32(3)4/h5,8-9,13,16H,1,6-7,10-12H2,2-4H3,(H,30,37)(H2,27,28,29)/t16-/m1/s1. The number of carbonyl (C=O) groups excluding carboxylic acids is 3. The molecule has 1 atom stereocenters. The molecule has 0 unspecified atom stereocenters. The Balaban J connectivity index is 1.66. The Hall–Kier alpha value is -4.35. The van der Waals surface area contributed by atoms with Crippen molar-refractivity contribution in [2.24, 2.45) is 0 Å². The predicted octanol–water partition coefficient (Wildman–Crippen LogP) is 2.09. The number of nitrogen functional groups attached to an aromatic ring is 1. The molecule has 3 heterocycles. The van der Waals surface area contributed by atoms with E-state index in [0.29, 0.717) is 18.7 Å². The molecule has 0 saturated carbocycles. The van der Waals surface area contributed by atoms with Crippen LogP contribution in [-0.4, -0.2) is 74.5 Å². The van der Waals surface area contributed by atoms with Crippen LogP contribution in [0.3, 0.4) is 0 Å². The van der Waals surface area contributed by atoms with E-state index in [1.165, 1.54) is 30.3 Å². The van der Waals surface area contributed by atoms with Gasteiger partial charge in [0.15, 0.2) is 11.3 Å². The van der Waals surface area contributed by atoms with E-state index in [-0.39, 0.29) is 58.0 Å². The van der Waals surface area contributed by atoms with Gasteiger partial charge in [-0.15, -0.1) is 0 Å². The summed E-state index contributed by atoms with van der Waals surface area (Å²) in [5, 5.41) is 7.51. The zero-order valence-corrected chi connectivity index (χ0v) is 21.0. The Bertz CT molecular complexity index is 1400. The van der Waals surface area contributed by atoms with Crippen molar-refractivity contribution in [1.29, 1.82) is 0 Å². The molecule has 1 saturated heterocycles. The number of hydrogen-bond acceptors (Lipinski definition) is 7. The molecule has 1 aromatic carbocycles. The van der Waals surface area contributed by atoms with E-state index in [9.17, 15) is 14.4 Å². The lowest BCUT2D eigenvalue weighted by Crippen LogP contribution is -2.40. The maximum atomic E-state index is 15.0. The van der Waals surface area contributed by atoms with Crippen LogP contribution in [0, 0.1) is 12.7 Å². The fraction of sp³-hybridized carbons (Fsp3) is 0.360. The van der Waals surface area contributed by atoms with E-state index in [2.05, 4.69) is 27.0 Å². The average Bonchev–Trinajstić information content (AvgIpc) is 3.29. The molecule has 0 aliphatic carbocycles. The van der Waals surface area contributed by atoms with Crippen LogP contribution >= 0.6 is 0 Å². The molecule has 1 aliphatic heterocycles. The number of rotatable bonds is 6. The highest BCUT2D eigenvalue weighted by Gasteiger charge is 2.29. The van der Waals surface area contributed by atoms with Crippen LogP contribution in [-0.2, 0) is 16.0 Å². The van der Waals surface area contributed by atoms with Gasteiger partial charge in [0.25, 0.3) is 5.91 Å². The van der Waals surface area contributed by atoms with Crippen molar-refractivity contribution in [1.82, 2.24) is 29.5 Å². The first-order chi connectivity index (χ1) is 17.6. The molecule has 0 radical (unpaired) electrons. The lowest BCUT2D eigenvalue weighted by molar-refractivity contribution is -0.128. The number of anilines is 2. The van der Waals surface area contributed by atoms with Crippen molar-refractivity contribution in [3.63, 3.8) is 0 Å². The third-order valence-electron chi connectivity index (χ3n) is 6.52. The summed E-state index contributed by atoms with van der Waals surface area (Å²) in [5.41, 5.74) is 7.14. The second-order valence-corrected chi connectivity index (χ2v) is 9.17. The van der Waals surface area contributed by atoms with E-state index in [0.717, 1.165) is 12.8 Å². The quantitative estimate of drug-likeness (QED) is 0.486. The normalized spacial score (nSPS) is 15.5. The SMILES string of the molecule is C=CC(=O)N1CCC[C@@H](n2nc(C(=O)Nc3ccc(CC(=O)N(C)C)c(F)c3C)c3c(N)ncnc32)C1. The molecule has 3 aromatic rings. The lowest BCUT2D eigenvalue weighted by atomic mass is 10.0. The van der Waals surface area contributed by atoms with Gasteiger partial charge in [-0.25, -0.2) is 19.0 Å². The number of benzene rings is 1. The fourth-order valence-electron chi connectivity index (χ4n) is 4.41. The summed E-state index contributed by atoms with van der Waals surface area (Å²) in [6.45, 7) is 6.06. The van der Waals surface area contributed by atoms with Crippen LogP contribution in [0.2, 0.25) is 0 Å². The predicted molar refractivity (Wildman–Crippen MR) is 136 cm³/mol. The van der Waals surface area contributed by atoms with Crippen molar-refractivity contribution in [3.05, 3.63) is 53.8 Å². The summed E-state index contributed by atoms with van der Waals surface area (Å²) in [6.07, 6.45) is 3.94. The van der Waals surface area contributed by atoms with Gasteiger partial charge < -0.3 is 20.9 Å². The minimum absolute atomic E-state index is 0.00746. The topological polar surface area (TPSA) is 139 Å². The molecule has 3 amide bonds. The molecular formula is C25H29FN8O3. The highest BCUT2D eigenvalue weighted by Crippen LogP contribution is 2.30. The first-order valence-electron chi connectivity index (χ1n) is 11.8. The zero-order valence-electron chi connectivity index (χ0n) is 21.0. The zero-order chi connectivity index (χ0) is 26.9. The third kappa shape index (κ3) is 4.99. The molecule has 1 fully saturated rings. The molecule has 0 bridgehead atoms. The third-order valence-corrected chi connectivity index (χ3v) is 6.52. The molecular weight excluding hydrogens is 479 g/mol. The van der Waals surface area contributed by atoms with Crippen molar-refractivity contribution < 1.29 is 18.8 Å². The number of nitrogens with two attached hydrogens (primary N) is 1. The minimum atomic E-state index is -0.611. The van der Waals surface area contributed by atoms with E-state index >= 15 is 4.39 Å². The summed E-state index contributed by atoms with van der Waals surface area (Å²) >= 11 is 0. The Kier molecular flexibility index (Phi) is 7.18. The van der Waals surface area contributed by atoms with Crippen LogP contribution in [0.25, 0.3) is 11.0 Å². The van der Waals surface area contributed by atoms with Gasteiger partial charge in [-0.2, -0.15) is 5.10 Å². The van der Waals surface area contributed by atoms with Gasteiger partial charge in [0, 0.05) is 38.4 Å². The number of nitrogens with one attached hydrogen (secondary N) is 1. The Morgan fingerprint density at radius 2 is 2.05 bits per heavy atom. The highest BCUT2D eigenvalue weighted by atomic mass is 19.1. The number of aromatic nitrogens is 4. The summed E-state index contributed by atoms with van der Waals surface area (Å²) in [6, 6.07) is 2.79. The van der Waals surface area contributed by atoms with Crippen LogP contribution in [0.15, 0.2) is 31.1 Å². The number of hydrogen-bond donors (Lipinski definition) is 2. The number of fused-ring (bicyclic) bond motifs is 1. The minimum Gasteiger partial charge on any atom is -0.383 e. The first-order valence-corrected chi connectivity index (χ1v) is 11.8. The Morgan fingerprint density at radius 1 is 1.30 bits per heavy atom. The number of carbonyl (C=O) groups is 3. The summed E-state index contributed by atoms with van der Waals surface area (Å²) < 4.78 is 16.6. The largest absolute Gasteiger partial charge is 0.383 e. The molecule has 12 heteroatoms. The van der Waals surface area contributed by atoms with E-state index in [4.69, 9.17) is 5.73 Å². The maximum Gasteiger partial charge on any atom is 0.277 e. The maximum absolute atomic E-state index is 15.0. The molecule has 1 aliphatic rings. The highest BCUT2D eigenvalue weighted by molar-refractivity contribution is 6.13. The van der Waals surface area contributed by atoms with Crippen molar-refractivity contribution in [2.45, 2.75) is 32.2 Å². The van der Waals surface area contributed by atoms with Crippen LogP contribution in [0.4, 0.5) is 15.9 Å². The van der Waals surface area contributed by atoms with Gasteiger partial charge in [-0.3, -0.25) is 14.4 Å². The fourth-order valence-corrected chi connectivity index (χ4v) is 4.41. The molecule has 0 spiro atoms. The van der Waals surface area contributed by atoms with Crippen LogP contribution in [0.5, 0.6) is 0 Å². The second kappa shape index (κ2) is 10.3. The van der Waals surface area contributed by atoms with Gasteiger partial charge in [0.2, 0.25) is 11.8 Å². The number of piperidine rings is 1. The summed E-state index contributed by atoms with van der Waals surface area (Å²) in [5.74, 6) is -1.52. The van der Waals surface area contributed by atoms with Gasteiger partial charge in [0.05, 0.1) is 17.8 Å². The smallest absolute Gasteiger partial charge is 0.277 e. The van der Waals surface area contributed by atoms with Crippen LogP contribution in [0.1, 0.15) is 40.5 Å². The average molecular weight is 509 g/mol. The summed E-state index contributed by atoms with van der Waals surface area (Å²) in [4.78, 5) is 48.9. The number of nitrogens with zero attached hydrogens (tertiary/aromatic N) is 6. The molecule has 3 N–H and O–H groups in total. The number of amides is 3. The molecule has 37 heavy (non-hydrogen) atoms. The van der Waals surface area contributed by atoms with Gasteiger partial charge >= 0.3 is 0 Å². The molecule has 11 nitrogen and oxygen atoms in total. The first kappa shape index (κ1) is 25.7. The van der Waals surface area contributed by atoms with E-state index in [1.807, 2.05) is 0 Å². The van der Waals surface area contributed by atoms with Crippen molar-refractivity contribution in [3.8, 4) is 0 Å². The van der Waals surface area contributed by atoms with Gasteiger partial charge in [-0.05, 0) is 37.5 Å². The molecule has 2 aromatic heterocycles. The lowest BCUT2D eigenvalue weighted by Gasteiger charge is -2.32. The van der Waals surface area contributed by atoms with Crippen molar-refractivity contribution in [2.75, 3.05) is 38.2 Å². The molecule has 194 valence electrons. The summed E-state index contributed by atoms with van der Waals surface area (Å²) in [7, 11) is 3.20. The Labute approximate surface area is 213 Å².